The molecule has 0 spiro atoms. The van der Waals surface area contributed by atoms with Gasteiger partial charge in [-0.25, -0.2) is 0 Å². The molecule has 1 heterocycles. The lowest BCUT2D eigenvalue weighted by Crippen LogP contribution is -2.37. The molecule has 164 valence electrons. The molecular formula is C26H39N3O. The number of benzene rings is 2. The van der Waals surface area contributed by atoms with Gasteiger partial charge in [-0.3, -0.25) is 4.90 Å². The highest BCUT2D eigenvalue weighted by atomic mass is 16.5. The van der Waals surface area contributed by atoms with Crippen molar-refractivity contribution in [3.8, 4) is 0 Å². The molecule has 0 atom stereocenters. The summed E-state index contributed by atoms with van der Waals surface area (Å²) in [6, 6.07) is 18.1. The standard InChI is InChI=1S/C26H39N3O/c1-22(2)18-23-8-7-9-24(19-23)20-28(13-12-27(3)4)21-25-10-5-6-11-26(25)29-14-16-30-17-15-29/h5-11,19,22H,12-18,20-21H2,1-4H3. The lowest BCUT2D eigenvalue weighted by Gasteiger charge is -2.32. The summed E-state index contributed by atoms with van der Waals surface area (Å²) >= 11 is 0. The minimum absolute atomic E-state index is 0.686. The van der Waals surface area contributed by atoms with Crippen LogP contribution in [0.4, 0.5) is 5.69 Å². The van der Waals surface area contributed by atoms with Crippen molar-refractivity contribution in [1.82, 2.24) is 9.80 Å². The Morgan fingerprint density at radius 1 is 0.900 bits per heavy atom. The second-order valence-electron chi connectivity index (χ2n) is 9.16. The topological polar surface area (TPSA) is 19.0 Å². The Morgan fingerprint density at radius 2 is 1.63 bits per heavy atom. The number of rotatable bonds is 10. The van der Waals surface area contributed by atoms with Gasteiger partial charge in [0.25, 0.3) is 0 Å². The van der Waals surface area contributed by atoms with Crippen molar-refractivity contribution < 1.29 is 4.74 Å². The molecule has 30 heavy (non-hydrogen) atoms. The highest BCUT2D eigenvalue weighted by molar-refractivity contribution is 5.54. The van der Waals surface area contributed by atoms with Crippen LogP contribution in [-0.4, -0.2) is 63.3 Å². The number of hydrogen-bond donors (Lipinski definition) is 0. The van der Waals surface area contributed by atoms with Gasteiger partial charge in [-0.2, -0.15) is 0 Å². The van der Waals surface area contributed by atoms with E-state index in [1.807, 2.05) is 0 Å². The van der Waals surface area contributed by atoms with Gasteiger partial charge in [-0.1, -0.05) is 56.3 Å². The van der Waals surface area contributed by atoms with Crippen molar-refractivity contribution >= 4 is 5.69 Å². The molecule has 0 radical (unpaired) electrons. The zero-order valence-corrected chi connectivity index (χ0v) is 19.3. The maximum absolute atomic E-state index is 5.57. The van der Waals surface area contributed by atoms with Crippen LogP contribution in [0, 0.1) is 5.92 Å². The van der Waals surface area contributed by atoms with E-state index in [-0.39, 0.29) is 0 Å². The molecule has 0 aliphatic carbocycles. The van der Waals surface area contributed by atoms with E-state index in [0.29, 0.717) is 5.92 Å². The van der Waals surface area contributed by atoms with E-state index in [9.17, 15) is 0 Å². The molecule has 0 saturated carbocycles. The first-order valence-electron chi connectivity index (χ1n) is 11.4. The van der Waals surface area contributed by atoms with Gasteiger partial charge in [0.15, 0.2) is 0 Å². The van der Waals surface area contributed by atoms with Crippen molar-refractivity contribution in [3.63, 3.8) is 0 Å². The van der Waals surface area contributed by atoms with Crippen molar-refractivity contribution in [2.24, 2.45) is 5.92 Å². The van der Waals surface area contributed by atoms with E-state index >= 15 is 0 Å². The average molecular weight is 410 g/mol. The smallest absolute Gasteiger partial charge is 0.0642 e. The predicted octanol–water partition coefficient (Wildman–Crippen LogP) is 4.29. The Hall–Kier alpha value is -1.88. The molecule has 0 unspecified atom stereocenters. The van der Waals surface area contributed by atoms with Crippen LogP contribution in [0.25, 0.3) is 0 Å². The Bertz CT molecular complexity index is 768. The fourth-order valence-corrected chi connectivity index (χ4v) is 4.14. The van der Waals surface area contributed by atoms with E-state index in [4.69, 9.17) is 4.74 Å². The molecule has 1 aliphatic rings. The SMILES string of the molecule is CC(C)Cc1cccc(CN(CCN(C)C)Cc2ccccc2N2CCOCC2)c1. The number of para-hydroxylation sites is 1. The van der Waals surface area contributed by atoms with Crippen LogP contribution in [0.1, 0.15) is 30.5 Å². The fraction of sp³-hybridized carbons (Fsp3) is 0.538. The van der Waals surface area contributed by atoms with E-state index in [2.05, 4.69) is 91.2 Å². The van der Waals surface area contributed by atoms with Crippen molar-refractivity contribution in [2.45, 2.75) is 33.4 Å². The summed E-state index contributed by atoms with van der Waals surface area (Å²) in [5, 5.41) is 0. The molecule has 1 saturated heterocycles. The number of morpholine rings is 1. The van der Waals surface area contributed by atoms with Gasteiger partial charge in [-0.15, -0.1) is 0 Å². The first-order valence-corrected chi connectivity index (χ1v) is 11.4. The highest BCUT2D eigenvalue weighted by Crippen LogP contribution is 2.24. The van der Waals surface area contributed by atoms with Crippen LogP contribution in [0.2, 0.25) is 0 Å². The van der Waals surface area contributed by atoms with Crippen LogP contribution < -0.4 is 4.90 Å². The third kappa shape index (κ3) is 7.12. The second kappa shape index (κ2) is 11.5. The molecular weight excluding hydrogens is 370 g/mol. The zero-order chi connectivity index (χ0) is 21.3. The first kappa shape index (κ1) is 22.8. The van der Waals surface area contributed by atoms with Gasteiger partial charge >= 0.3 is 0 Å². The molecule has 2 aromatic rings. The van der Waals surface area contributed by atoms with Gasteiger partial charge in [-0.05, 0) is 49.2 Å². The third-order valence-corrected chi connectivity index (χ3v) is 5.64. The zero-order valence-electron chi connectivity index (χ0n) is 19.3. The van der Waals surface area contributed by atoms with Gasteiger partial charge in [0.2, 0.25) is 0 Å². The summed E-state index contributed by atoms with van der Waals surface area (Å²) in [4.78, 5) is 7.34. The fourth-order valence-electron chi connectivity index (χ4n) is 4.14. The molecule has 0 aromatic heterocycles. The Kier molecular flexibility index (Phi) is 8.74. The van der Waals surface area contributed by atoms with Gasteiger partial charge in [0, 0.05) is 45.0 Å². The Labute approximate surface area is 183 Å². The van der Waals surface area contributed by atoms with Crippen molar-refractivity contribution in [2.75, 3.05) is 58.4 Å². The average Bonchev–Trinajstić information content (AvgIpc) is 2.73. The molecule has 2 aromatic carbocycles. The number of nitrogens with zero attached hydrogens (tertiary/aromatic N) is 3. The normalized spacial score (nSPS) is 14.8. The Morgan fingerprint density at radius 3 is 2.37 bits per heavy atom. The molecule has 0 N–H and O–H groups in total. The monoisotopic (exact) mass is 409 g/mol. The van der Waals surface area contributed by atoms with Gasteiger partial charge in [0.05, 0.1) is 13.2 Å². The maximum atomic E-state index is 5.57. The third-order valence-electron chi connectivity index (χ3n) is 5.64. The van der Waals surface area contributed by atoms with Crippen LogP contribution in [0.5, 0.6) is 0 Å². The molecule has 4 nitrogen and oxygen atoms in total. The summed E-state index contributed by atoms with van der Waals surface area (Å²) in [5.74, 6) is 0.686. The summed E-state index contributed by atoms with van der Waals surface area (Å²) in [6.45, 7) is 12.2. The lowest BCUT2D eigenvalue weighted by atomic mass is 10.0. The highest BCUT2D eigenvalue weighted by Gasteiger charge is 2.17. The molecule has 4 heteroatoms. The summed E-state index contributed by atoms with van der Waals surface area (Å²) in [7, 11) is 4.31. The minimum atomic E-state index is 0.686. The minimum Gasteiger partial charge on any atom is -0.378 e. The number of hydrogen-bond acceptors (Lipinski definition) is 4. The summed E-state index contributed by atoms with van der Waals surface area (Å²) in [5.41, 5.74) is 5.64. The number of anilines is 1. The second-order valence-corrected chi connectivity index (χ2v) is 9.16. The van der Waals surface area contributed by atoms with Crippen LogP contribution in [-0.2, 0) is 24.2 Å². The van der Waals surface area contributed by atoms with Crippen LogP contribution in [0.15, 0.2) is 48.5 Å². The Balaban J connectivity index is 1.76. The quantitative estimate of drug-likeness (QED) is 0.583. The van der Waals surface area contributed by atoms with Crippen molar-refractivity contribution in [1.29, 1.82) is 0 Å². The summed E-state index contributed by atoms with van der Waals surface area (Å²) in [6.07, 6.45) is 1.14. The molecule has 1 aliphatic heterocycles. The van der Waals surface area contributed by atoms with E-state index in [1.165, 1.54) is 22.4 Å². The molecule has 1 fully saturated rings. The largest absolute Gasteiger partial charge is 0.378 e. The van der Waals surface area contributed by atoms with Gasteiger partial charge in [0.1, 0.15) is 0 Å². The molecule has 3 rings (SSSR count). The summed E-state index contributed by atoms with van der Waals surface area (Å²) < 4.78 is 5.57. The predicted molar refractivity (Wildman–Crippen MR) is 127 cm³/mol. The molecule has 0 amide bonds. The number of likely N-dealkylation sites (N-methyl/N-ethyl adjacent to an activating group) is 1. The van der Waals surface area contributed by atoms with Crippen LogP contribution >= 0.6 is 0 Å². The number of ether oxygens (including phenoxy) is 1. The van der Waals surface area contributed by atoms with E-state index < -0.39 is 0 Å². The maximum Gasteiger partial charge on any atom is 0.0642 e. The van der Waals surface area contributed by atoms with E-state index in [1.54, 1.807) is 0 Å². The van der Waals surface area contributed by atoms with Crippen LogP contribution in [0.3, 0.4) is 0 Å². The van der Waals surface area contributed by atoms with E-state index in [0.717, 1.165) is 58.9 Å². The first-order chi connectivity index (χ1) is 14.5. The lowest BCUT2D eigenvalue weighted by molar-refractivity contribution is 0.122. The van der Waals surface area contributed by atoms with Crippen molar-refractivity contribution in [3.05, 3.63) is 65.2 Å². The van der Waals surface area contributed by atoms with Gasteiger partial charge < -0.3 is 14.5 Å². The molecule has 0 bridgehead atoms.